The van der Waals surface area contributed by atoms with E-state index >= 15 is 0 Å². The van der Waals surface area contributed by atoms with E-state index in [1.807, 2.05) is 30.5 Å². The quantitative estimate of drug-likeness (QED) is 0.786. The van der Waals surface area contributed by atoms with Crippen LogP contribution >= 0.6 is 12.4 Å². The van der Waals surface area contributed by atoms with Crippen molar-refractivity contribution in [1.82, 2.24) is 4.98 Å². The maximum absolute atomic E-state index is 11.2. The van der Waals surface area contributed by atoms with Gasteiger partial charge >= 0.3 is 5.97 Å². The summed E-state index contributed by atoms with van der Waals surface area (Å²) < 4.78 is 4.59. The van der Waals surface area contributed by atoms with E-state index in [-0.39, 0.29) is 12.4 Å². The third-order valence-corrected chi connectivity index (χ3v) is 2.39. The van der Waals surface area contributed by atoms with Crippen LogP contribution in [0.2, 0.25) is 0 Å². The number of hydrogen-bond donors (Lipinski definition) is 2. The number of ether oxygens (including phenoxy) is 1. The monoisotopic (exact) mass is 240 g/mol. The fourth-order valence-corrected chi connectivity index (χ4v) is 1.53. The van der Waals surface area contributed by atoms with E-state index < -0.39 is 12.0 Å². The Morgan fingerprint density at radius 3 is 2.88 bits per heavy atom. The van der Waals surface area contributed by atoms with Crippen molar-refractivity contribution in [1.29, 1.82) is 0 Å². The highest BCUT2D eigenvalue weighted by atomic mass is 35.5. The lowest BCUT2D eigenvalue weighted by Crippen LogP contribution is -2.22. The Balaban J connectivity index is 0.00000128. The molecule has 2 aromatic rings. The van der Waals surface area contributed by atoms with Crippen LogP contribution in [-0.2, 0) is 9.53 Å². The first kappa shape index (κ1) is 12.5. The SMILES string of the molecule is COC(=O)[C@H](N)c1ccc2[nH]ccc2c1.Cl. The average Bonchev–Trinajstić information content (AvgIpc) is 2.73. The second-order valence-corrected chi connectivity index (χ2v) is 3.33. The number of nitrogens with one attached hydrogen (secondary N) is 1. The summed E-state index contributed by atoms with van der Waals surface area (Å²) in [5.41, 5.74) is 7.51. The van der Waals surface area contributed by atoms with Crippen molar-refractivity contribution in [3.63, 3.8) is 0 Å². The Labute approximate surface area is 99.2 Å². The molecular formula is C11H13ClN2O2. The number of carbonyl (C=O) groups is 1. The van der Waals surface area contributed by atoms with Gasteiger partial charge in [0.05, 0.1) is 7.11 Å². The molecular weight excluding hydrogens is 228 g/mol. The molecule has 86 valence electrons. The smallest absolute Gasteiger partial charge is 0.327 e. The summed E-state index contributed by atoms with van der Waals surface area (Å²) in [6, 6.07) is 6.82. The van der Waals surface area contributed by atoms with Crippen LogP contribution in [0.4, 0.5) is 0 Å². The zero-order valence-corrected chi connectivity index (χ0v) is 9.58. The van der Waals surface area contributed by atoms with Crippen molar-refractivity contribution in [3.8, 4) is 0 Å². The summed E-state index contributed by atoms with van der Waals surface area (Å²) >= 11 is 0. The number of aromatic nitrogens is 1. The van der Waals surface area contributed by atoms with Gasteiger partial charge in [0.2, 0.25) is 0 Å². The van der Waals surface area contributed by atoms with Crippen molar-refractivity contribution in [3.05, 3.63) is 36.0 Å². The molecule has 1 aromatic heterocycles. The van der Waals surface area contributed by atoms with Crippen LogP contribution < -0.4 is 5.73 Å². The van der Waals surface area contributed by atoms with E-state index in [1.54, 1.807) is 0 Å². The van der Waals surface area contributed by atoms with Gasteiger partial charge in [0, 0.05) is 11.7 Å². The second kappa shape index (κ2) is 5.01. The first-order chi connectivity index (χ1) is 7.22. The van der Waals surface area contributed by atoms with Gasteiger partial charge in [-0.2, -0.15) is 0 Å². The van der Waals surface area contributed by atoms with Crippen molar-refractivity contribution in [2.24, 2.45) is 5.73 Å². The molecule has 0 spiro atoms. The van der Waals surface area contributed by atoms with Crippen molar-refractivity contribution in [2.75, 3.05) is 7.11 Å². The van der Waals surface area contributed by atoms with Gasteiger partial charge in [-0.15, -0.1) is 12.4 Å². The molecule has 0 fully saturated rings. The molecule has 0 radical (unpaired) electrons. The first-order valence-corrected chi connectivity index (χ1v) is 4.63. The molecule has 4 nitrogen and oxygen atoms in total. The number of nitrogens with two attached hydrogens (primary N) is 1. The molecule has 1 atom stereocenters. The maximum atomic E-state index is 11.2. The molecule has 1 aromatic carbocycles. The number of hydrogen-bond acceptors (Lipinski definition) is 3. The number of H-pyrrole nitrogens is 1. The van der Waals surface area contributed by atoms with Crippen LogP contribution in [0, 0.1) is 0 Å². The number of halogens is 1. The average molecular weight is 241 g/mol. The van der Waals surface area contributed by atoms with Gasteiger partial charge in [0.1, 0.15) is 6.04 Å². The van der Waals surface area contributed by atoms with E-state index in [4.69, 9.17) is 5.73 Å². The molecule has 0 saturated heterocycles. The Hall–Kier alpha value is -1.52. The minimum atomic E-state index is -0.714. The summed E-state index contributed by atoms with van der Waals surface area (Å²) in [6.45, 7) is 0. The topological polar surface area (TPSA) is 68.1 Å². The number of benzene rings is 1. The lowest BCUT2D eigenvalue weighted by molar-refractivity contribution is -0.142. The zero-order chi connectivity index (χ0) is 10.8. The highest BCUT2D eigenvalue weighted by Gasteiger charge is 2.16. The van der Waals surface area contributed by atoms with Gasteiger partial charge in [-0.25, -0.2) is 0 Å². The van der Waals surface area contributed by atoms with E-state index in [0.29, 0.717) is 0 Å². The number of fused-ring (bicyclic) bond motifs is 1. The number of methoxy groups -OCH3 is 1. The third-order valence-electron chi connectivity index (χ3n) is 2.39. The predicted molar refractivity (Wildman–Crippen MR) is 64.5 cm³/mol. The molecule has 0 aliphatic heterocycles. The van der Waals surface area contributed by atoms with Crippen LogP contribution in [0.5, 0.6) is 0 Å². The predicted octanol–water partition coefficient (Wildman–Crippen LogP) is 1.76. The molecule has 16 heavy (non-hydrogen) atoms. The van der Waals surface area contributed by atoms with Crippen LogP contribution in [0.3, 0.4) is 0 Å². The van der Waals surface area contributed by atoms with E-state index in [2.05, 4.69) is 9.72 Å². The Morgan fingerprint density at radius 2 is 2.19 bits per heavy atom. The molecule has 0 bridgehead atoms. The Bertz CT molecular complexity index is 495. The van der Waals surface area contributed by atoms with Gasteiger partial charge in [-0.3, -0.25) is 4.79 Å². The van der Waals surface area contributed by atoms with Crippen molar-refractivity contribution in [2.45, 2.75) is 6.04 Å². The fraction of sp³-hybridized carbons (Fsp3) is 0.182. The third kappa shape index (κ3) is 2.18. The van der Waals surface area contributed by atoms with Gasteiger partial charge < -0.3 is 15.5 Å². The van der Waals surface area contributed by atoms with Crippen LogP contribution in [-0.4, -0.2) is 18.1 Å². The lowest BCUT2D eigenvalue weighted by atomic mass is 10.1. The molecule has 0 aliphatic rings. The maximum Gasteiger partial charge on any atom is 0.327 e. The zero-order valence-electron chi connectivity index (χ0n) is 8.77. The summed E-state index contributed by atoms with van der Waals surface area (Å²) in [6.07, 6.45) is 1.85. The molecule has 1 heterocycles. The molecule has 3 N–H and O–H groups in total. The summed E-state index contributed by atoms with van der Waals surface area (Å²) in [4.78, 5) is 14.3. The lowest BCUT2D eigenvalue weighted by Gasteiger charge is -2.09. The number of carbonyl (C=O) groups excluding carboxylic acids is 1. The van der Waals surface area contributed by atoms with Crippen LogP contribution in [0.15, 0.2) is 30.5 Å². The molecule has 0 saturated carbocycles. The van der Waals surface area contributed by atoms with E-state index in [0.717, 1.165) is 16.5 Å². The minimum absolute atomic E-state index is 0. The molecule has 2 rings (SSSR count). The highest BCUT2D eigenvalue weighted by Crippen LogP contribution is 2.18. The largest absolute Gasteiger partial charge is 0.468 e. The summed E-state index contributed by atoms with van der Waals surface area (Å²) in [5.74, 6) is -0.426. The summed E-state index contributed by atoms with van der Waals surface area (Å²) in [7, 11) is 1.33. The van der Waals surface area contributed by atoms with Crippen LogP contribution in [0.25, 0.3) is 10.9 Å². The number of esters is 1. The van der Waals surface area contributed by atoms with Crippen molar-refractivity contribution >= 4 is 29.3 Å². The highest BCUT2D eigenvalue weighted by molar-refractivity contribution is 5.85. The standard InChI is InChI=1S/C11H12N2O2.ClH/c1-15-11(14)10(12)8-2-3-9-7(6-8)4-5-13-9;/h2-6,10,13H,12H2,1H3;1H/t10-;/m1./s1. The number of rotatable bonds is 2. The molecule has 0 unspecified atom stereocenters. The normalized spacial score (nSPS) is 11.9. The van der Waals surface area contributed by atoms with Crippen LogP contribution in [0.1, 0.15) is 11.6 Å². The van der Waals surface area contributed by atoms with Gasteiger partial charge in [-0.1, -0.05) is 6.07 Å². The molecule has 0 amide bonds. The van der Waals surface area contributed by atoms with E-state index in [9.17, 15) is 4.79 Å². The second-order valence-electron chi connectivity index (χ2n) is 3.33. The summed E-state index contributed by atoms with van der Waals surface area (Å²) in [5, 5.41) is 1.03. The van der Waals surface area contributed by atoms with Crippen molar-refractivity contribution < 1.29 is 9.53 Å². The van der Waals surface area contributed by atoms with Gasteiger partial charge in [0.15, 0.2) is 0 Å². The first-order valence-electron chi connectivity index (χ1n) is 4.63. The Morgan fingerprint density at radius 1 is 1.44 bits per heavy atom. The molecule has 5 heteroatoms. The van der Waals surface area contributed by atoms with Gasteiger partial charge in [0.25, 0.3) is 0 Å². The van der Waals surface area contributed by atoms with E-state index in [1.165, 1.54) is 7.11 Å². The van der Waals surface area contributed by atoms with Gasteiger partial charge in [-0.05, 0) is 29.1 Å². The fourth-order valence-electron chi connectivity index (χ4n) is 1.53. The Kier molecular flexibility index (Phi) is 3.93. The number of aromatic amines is 1. The minimum Gasteiger partial charge on any atom is -0.468 e. The molecule has 0 aliphatic carbocycles.